The Labute approximate surface area is 295 Å². The minimum absolute atomic E-state index is 0.0209. The molecule has 4 unspecified atom stereocenters. The van der Waals surface area contributed by atoms with E-state index in [2.05, 4.69) is 20.8 Å². The summed E-state index contributed by atoms with van der Waals surface area (Å²) >= 11 is 1.97. The van der Waals surface area contributed by atoms with Crippen LogP contribution in [-0.2, 0) is 18.6 Å². The molecule has 1 saturated heterocycles. The number of unbranched alkanes of at least 4 members (excludes halogenated alkanes) is 13. The molecule has 2 rings (SSSR count). The number of thioether (sulfide) groups is 1. The van der Waals surface area contributed by atoms with Crippen molar-refractivity contribution in [1.82, 2.24) is 9.55 Å². The second-order valence-electron chi connectivity index (χ2n) is 13.2. The summed E-state index contributed by atoms with van der Waals surface area (Å²) in [7, 11) is -4.81. The van der Waals surface area contributed by atoms with Gasteiger partial charge in [-0.15, -0.1) is 0 Å². The first-order valence-electron chi connectivity index (χ1n) is 18.3. The Morgan fingerprint density at radius 2 is 1.49 bits per heavy atom. The molecule has 49 heavy (non-hydrogen) atoms. The summed E-state index contributed by atoms with van der Waals surface area (Å²) in [5.41, 5.74) is -2.44. The molecule has 1 aliphatic rings. The smallest absolute Gasteiger partial charge is 0.359 e. The molecule has 0 radical (unpaired) electrons. The topological polar surface area (TPSA) is 181 Å². The monoisotopic (exact) mass is 740 g/mol. The van der Waals surface area contributed by atoms with E-state index in [0.717, 1.165) is 18.6 Å². The standard InChI is InChI=1S/C34H62FN2O10PS/c1-4-6-8-10-11-12-13-14-16-18-23-49-27(20-17-15-9-7-5-2)25(3)45-21-19-22-46-48(43,44)33(41)30-28(38)29(39)32(47-30)37-24-26(35)31(40)36-34(37)42/h24-25,27-30,32-33,38-39,41H,4-23H2,1-3H3,(H,43,44)(H,36,40,42)/t25?,27?,28-,29+,30-,32+,33?/m0/s1. The molecule has 1 aromatic rings. The average molecular weight is 741 g/mol. The van der Waals surface area contributed by atoms with Crippen molar-refractivity contribution in [1.29, 1.82) is 0 Å². The van der Waals surface area contributed by atoms with Crippen LogP contribution in [0.25, 0.3) is 0 Å². The van der Waals surface area contributed by atoms with Gasteiger partial charge in [-0.2, -0.15) is 16.2 Å². The minimum atomic E-state index is -4.81. The van der Waals surface area contributed by atoms with Gasteiger partial charge < -0.3 is 34.2 Å². The number of aromatic amines is 1. The zero-order chi connectivity index (χ0) is 36.2. The van der Waals surface area contributed by atoms with Gasteiger partial charge in [-0.05, 0) is 31.9 Å². The van der Waals surface area contributed by atoms with Crippen LogP contribution in [-0.4, -0.2) is 84.2 Å². The van der Waals surface area contributed by atoms with Gasteiger partial charge in [-0.1, -0.05) is 104 Å². The predicted octanol–water partition coefficient (Wildman–Crippen LogP) is 5.99. The maximum Gasteiger partial charge on any atom is 0.359 e. The lowest BCUT2D eigenvalue weighted by Crippen LogP contribution is -2.40. The molecule has 5 N–H and O–H groups in total. The number of nitrogens with zero attached hydrogens (tertiary/aromatic N) is 1. The first-order chi connectivity index (χ1) is 23.4. The molecule has 0 spiro atoms. The van der Waals surface area contributed by atoms with Gasteiger partial charge in [0.2, 0.25) is 5.82 Å². The number of rotatable bonds is 28. The van der Waals surface area contributed by atoms with Gasteiger partial charge in [0.25, 0.3) is 5.56 Å². The van der Waals surface area contributed by atoms with Crippen molar-refractivity contribution in [2.45, 2.75) is 172 Å². The lowest BCUT2D eigenvalue weighted by atomic mass is 10.1. The fourth-order valence-electron chi connectivity index (χ4n) is 5.93. The van der Waals surface area contributed by atoms with Crippen molar-refractivity contribution in [3.8, 4) is 0 Å². The van der Waals surface area contributed by atoms with Crippen molar-refractivity contribution < 1.29 is 43.2 Å². The molecule has 286 valence electrons. The number of aliphatic hydroxyl groups is 3. The van der Waals surface area contributed by atoms with Crippen molar-refractivity contribution in [3.63, 3.8) is 0 Å². The molecular formula is C34H62FN2O10PS. The first kappa shape index (κ1) is 44.1. The number of halogens is 1. The molecule has 1 aliphatic heterocycles. The maximum atomic E-state index is 13.8. The van der Waals surface area contributed by atoms with Crippen LogP contribution in [0.4, 0.5) is 4.39 Å². The number of ether oxygens (including phenoxy) is 2. The summed E-state index contributed by atoms with van der Waals surface area (Å²) in [5, 5.41) is 31.7. The van der Waals surface area contributed by atoms with Crippen LogP contribution < -0.4 is 11.2 Å². The number of H-pyrrole nitrogens is 1. The van der Waals surface area contributed by atoms with Gasteiger partial charge in [0.15, 0.2) is 12.1 Å². The van der Waals surface area contributed by atoms with Crippen LogP contribution in [0.2, 0.25) is 0 Å². The molecule has 0 aliphatic carbocycles. The molecule has 15 heteroatoms. The third-order valence-electron chi connectivity index (χ3n) is 8.99. The van der Waals surface area contributed by atoms with E-state index >= 15 is 0 Å². The van der Waals surface area contributed by atoms with Gasteiger partial charge in [0.05, 0.1) is 18.9 Å². The van der Waals surface area contributed by atoms with Crippen LogP contribution in [0.3, 0.4) is 0 Å². The highest BCUT2D eigenvalue weighted by Gasteiger charge is 2.52. The highest BCUT2D eigenvalue weighted by atomic mass is 32.2. The maximum absolute atomic E-state index is 13.8. The summed E-state index contributed by atoms with van der Waals surface area (Å²) in [6.07, 6.45) is 13.5. The summed E-state index contributed by atoms with van der Waals surface area (Å²) in [6, 6.07) is 0. The molecule has 1 fully saturated rings. The Bertz CT molecular complexity index is 1210. The number of nitrogens with one attached hydrogen (secondary N) is 1. The number of aliphatic hydroxyl groups excluding tert-OH is 3. The van der Waals surface area contributed by atoms with Gasteiger partial charge in [0, 0.05) is 11.9 Å². The molecule has 8 atom stereocenters. The zero-order valence-corrected chi connectivity index (χ0v) is 31.4. The van der Waals surface area contributed by atoms with Crippen molar-refractivity contribution in [2.24, 2.45) is 0 Å². The largest absolute Gasteiger partial charge is 0.387 e. The van der Waals surface area contributed by atoms with Gasteiger partial charge in [-0.3, -0.25) is 18.9 Å². The normalized spacial score (nSPS) is 22.6. The molecule has 0 bridgehead atoms. The minimum Gasteiger partial charge on any atom is -0.387 e. The van der Waals surface area contributed by atoms with E-state index in [1.165, 1.54) is 89.9 Å². The Morgan fingerprint density at radius 3 is 2.10 bits per heavy atom. The molecule has 12 nitrogen and oxygen atoms in total. The third kappa shape index (κ3) is 15.6. The third-order valence-corrected chi connectivity index (χ3v) is 12.1. The van der Waals surface area contributed by atoms with E-state index in [1.807, 2.05) is 11.8 Å². The van der Waals surface area contributed by atoms with E-state index in [-0.39, 0.29) is 25.7 Å². The van der Waals surface area contributed by atoms with Crippen molar-refractivity contribution in [2.75, 3.05) is 19.0 Å². The number of hydrogen-bond acceptors (Lipinski definition) is 10. The van der Waals surface area contributed by atoms with Crippen LogP contribution in [0.5, 0.6) is 0 Å². The van der Waals surface area contributed by atoms with E-state index in [1.54, 1.807) is 4.98 Å². The fraction of sp³-hybridized carbons (Fsp3) is 0.882. The summed E-state index contributed by atoms with van der Waals surface area (Å²) < 4.78 is 43.6. The number of hydrogen-bond donors (Lipinski definition) is 5. The average Bonchev–Trinajstić information content (AvgIpc) is 3.36. The Hall–Kier alpha value is -1.09. The Kier molecular flexibility index (Phi) is 21.8. The van der Waals surface area contributed by atoms with Crippen LogP contribution in [0, 0.1) is 5.82 Å². The lowest BCUT2D eigenvalue weighted by Gasteiger charge is -2.25. The van der Waals surface area contributed by atoms with Crippen LogP contribution >= 0.6 is 19.4 Å². The van der Waals surface area contributed by atoms with Crippen LogP contribution in [0.1, 0.15) is 136 Å². The lowest BCUT2D eigenvalue weighted by molar-refractivity contribution is -0.0710. The zero-order valence-electron chi connectivity index (χ0n) is 29.7. The van der Waals surface area contributed by atoms with E-state index in [9.17, 15) is 38.8 Å². The second-order valence-corrected chi connectivity index (χ2v) is 16.4. The SMILES string of the molecule is CCCCCCCCCCCCSC(CCCCCCC)C(C)OCCCOP(=O)(O)C(O)[C@H]1O[C@@H](n2cc(F)c(=O)[nH]c2=O)[C@H](O)[C@@H]1O. The van der Waals surface area contributed by atoms with E-state index in [4.69, 9.17) is 14.0 Å². The van der Waals surface area contributed by atoms with Crippen molar-refractivity contribution in [3.05, 3.63) is 32.9 Å². The predicted molar refractivity (Wildman–Crippen MR) is 190 cm³/mol. The van der Waals surface area contributed by atoms with Crippen LogP contribution in [0.15, 0.2) is 15.8 Å². The molecule has 0 amide bonds. The molecular weight excluding hydrogens is 678 g/mol. The van der Waals surface area contributed by atoms with E-state index < -0.39 is 55.0 Å². The fourth-order valence-corrected chi connectivity index (χ4v) is 8.45. The van der Waals surface area contributed by atoms with E-state index in [0.29, 0.717) is 16.0 Å². The first-order valence-corrected chi connectivity index (χ1v) is 21.0. The summed E-state index contributed by atoms with van der Waals surface area (Å²) in [6.45, 7) is 6.55. The molecule has 1 aromatic heterocycles. The molecule has 0 saturated carbocycles. The summed E-state index contributed by atoms with van der Waals surface area (Å²) in [5.74, 6) is -2.55. The van der Waals surface area contributed by atoms with Gasteiger partial charge in [0.1, 0.15) is 18.3 Å². The Morgan fingerprint density at radius 1 is 0.918 bits per heavy atom. The van der Waals surface area contributed by atoms with Gasteiger partial charge >= 0.3 is 13.3 Å². The quantitative estimate of drug-likeness (QED) is 0.0503. The van der Waals surface area contributed by atoms with Gasteiger partial charge in [-0.25, -0.2) is 4.79 Å². The highest BCUT2D eigenvalue weighted by molar-refractivity contribution is 7.99. The second kappa shape index (κ2) is 24.2. The highest BCUT2D eigenvalue weighted by Crippen LogP contribution is 2.51. The molecule has 0 aromatic carbocycles. The summed E-state index contributed by atoms with van der Waals surface area (Å²) in [4.78, 5) is 35.5. The Balaban J connectivity index is 1.77. The molecule has 2 heterocycles. The number of aromatic nitrogens is 2. The van der Waals surface area contributed by atoms with Crippen molar-refractivity contribution >= 4 is 19.4 Å².